The molecule has 0 atom stereocenters. The van der Waals surface area contributed by atoms with Crippen LogP contribution in [0, 0.1) is 24.0 Å². The molecule has 6 nitrogen and oxygen atoms in total. The molecule has 0 bridgehead atoms. The molecule has 2 aromatic rings. The van der Waals surface area contributed by atoms with Gasteiger partial charge in [-0.15, -0.1) is 0 Å². The van der Waals surface area contributed by atoms with Crippen LogP contribution in [0.5, 0.6) is 0 Å². The number of aromatic nitrogens is 1. The summed E-state index contributed by atoms with van der Waals surface area (Å²) in [6, 6.07) is 8.57. The summed E-state index contributed by atoms with van der Waals surface area (Å²) in [6.07, 6.45) is 0. The van der Waals surface area contributed by atoms with E-state index >= 15 is 0 Å². The first-order valence-electron chi connectivity index (χ1n) is 5.86. The van der Waals surface area contributed by atoms with Crippen LogP contribution in [0.2, 0.25) is 0 Å². The van der Waals surface area contributed by atoms with Gasteiger partial charge in [0.25, 0.3) is 0 Å². The first-order valence-corrected chi connectivity index (χ1v) is 5.86. The minimum Gasteiger partial charge on any atom is -0.477 e. The maximum absolute atomic E-state index is 11.2. The summed E-state index contributed by atoms with van der Waals surface area (Å²) in [5.74, 6) is -1.34. The quantitative estimate of drug-likeness (QED) is 0.684. The Morgan fingerprint density at radius 1 is 1.25 bits per heavy atom. The maximum atomic E-state index is 11.2. The van der Waals surface area contributed by atoms with Gasteiger partial charge in [0.15, 0.2) is 0 Å². The van der Waals surface area contributed by atoms with Crippen molar-refractivity contribution < 1.29 is 14.8 Å². The Morgan fingerprint density at radius 3 is 2.35 bits per heavy atom. The maximum Gasteiger partial charge on any atom is 0.342 e. The lowest BCUT2D eigenvalue weighted by molar-refractivity contribution is -0.386. The normalized spacial score (nSPS) is 10.3. The van der Waals surface area contributed by atoms with E-state index < -0.39 is 16.6 Å². The van der Waals surface area contributed by atoms with Gasteiger partial charge in [-0.3, -0.25) is 10.1 Å². The average Bonchev–Trinajstić information content (AvgIpc) is 2.37. The van der Waals surface area contributed by atoms with Gasteiger partial charge in [-0.1, -0.05) is 29.8 Å². The number of benzene rings is 1. The molecule has 1 N–H and O–H groups in total. The molecule has 6 heteroatoms. The molecule has 0 unspecified atom stereocenters. The standard InChI is InChI=1S/C14H12N2O4/c1-8-3-5-10(6-4-8)12-7-11(14(17)18)13(16(19)20)9(2)15-12/h3-7H,1-2H3,(H,17,18). The fourth-order valence-electron chi connectivity index (χ4n) is 1.93. The predicted octanol–water partition coefficient (Wildman–Crippen LogP) is 2.97. The molecule has 0 saturated carbocycles. The number of aromatic carboxylic acids is 1. The topological polar surface area (TPSA) is 93.3 Å². The van der Waals surface area contributed by atoms with Gasteiger partial charge in [-0.25, -0.2) is 9.78 Å². The summed E-state index contributed by atoms with van der Waals surface area (Å²) in [4.78, 5) is 25.5. The Bertz CT molecular complexity index is 693. The van der Waals surface area contributed by atoms with E-state index in [2.05, 4.69) is 4.98 Å². The molecule has 0 saturated heterocycles. The van der Waals surface area contributed by atoms with Crippen LogP contribution in [0.4, 0.5) is 5.69 Å². The molecule has 1 aromatic carbocycles. The summed E-state index contributed by atoms with van der Waals surface area (Å²) >= 11 is 0. The van der Waals surface area contributed by atoms with Crippen LogP contribution in [0.3, 0.4) is 0 Å². The number of aryl methyl sites for hydroxylation is 2. The van der Waals surface area contributed by atoms with Gasteiger partial charge < -0.3 is 5.11 Å². The van der Waals surface area contributed by atoms with Crippen LogP contribution in [0.1, 0.15) is 21.6 Å². The van der Waals surface area contributed by atoms with Crippen molar-refractivity contribution in [3.8, 4) is 11.3 Å². The molecule has 0 aliphatic carbocycles. The van der Waals surface area contributed by atoms with Crippen molar-refractivity contribution in [1.82, 2.24) is 4.98 Å². The fourth-order valence-corrected chi connectivity index (χ4v) is 1.93. The molecule has 0 amide bonds. The molecule has 1 heterocycles. The molecule has 1 aromatic heterocycles. The minimum absolute atomic E-state index is 0.0884. The van der Waals surface area contributed by atoms with Gasteiger partial charge in [-0.05, 0) is 19.9 Å². The van der Waals surface area contributed by atoms with Crippen LogP contribution < -0.4 is 0 Å². The lowest BCUT2D eigenvalue weighted by Gasteiger charge is -2.06. The van der Waals surface area contributed by atoms with Crippen molar-refractivity contribution in [2.45, 2.75) is 13.8 Å². The zero-order valence-electron chi connectivity index (χ0n) is 11.0. The lowest BCUT2D eigenvalue weighted by Crippen LogP contribution is -2.07. The van der Waals surface area contributed by atoms with Crippen LogP contribution in [0.15, 0.2) is 30.3 Å². The van der Waals surface area contributed by atoms with Crippen LogP contribution in [0.25, 0.3) is 11.3 Å². The second-order valence-electron chi connectivity index (χ2n) is 4.42. The number of carboxylic acids is 1. The molecule has 0 fully saturated rings. The first-order chi connectivity index (χ1) is 9.40. The van der Waals surface area contributed by atoms with Gasteiger partial charge in [0.2, 0.25) is 0 Å². The summed E-state index contributed by atoms with van der Waals surface area (Å²) < 4.78 is 0. The van der Waals surface area contributed by atoms with Crippen LogP contribution in [-0.4, -0.2) is 21.0 Å². The Hall–Kier alpha value is -2.76. The Labute approximate surface area is 114 Å². The monoisotopic (exact) mass is 272 g/mol. The molecule has 102 valence electrons. The number of nitro groups is 1. The van der Waals surface area contributed by atoms with E-state index in [1.54, 1.807) is 12.1 Å². The van der Waals surface area contributed by atoms with Gasteiger partial charge in [0, 0.05) is 5.56 Å². The average molecular weight is 272 g/mol. The summed E-state index contributed by atoms with van der Waals surface area (Å²) in [5.41, 5.74) is 1.46. The molecule has 0 aliphatic heterocycles. The van der Waals surface area contributed by atoms with Crippen molar-refractivity contribution in [2.75, 3.05) is 0 Å². The number of carboxylic acid groups (broad SMARTS) is 1. The zero-order valence-corrected chi connectivity index (χ0v) is 11.0. The smallest absolute Gasteiger partial charge is 0.342 e. The van der Waals surface area contributed by atoms with Crippen molar-refractivity contribution in [1.29, 1.82) is 0 Å². The molecular formula is C14H12N2O4. The summed E-state index contributed by atoms with van der Waals surface area (Å²) in [5, 5.41) is 20.1. The highest BCUT2D eigenvalue weighted by atomic mass is 16.6. The van der Waals surface area contributed by atoms with Gasteiger partial charge in [0.1, 0.15) is 11.3 Å². The Kier molecular flexibility index (Phi) is 3.47. The molecule has 0 spiro atoms. The summed E-state index contributed by atoms with van der Waals surface area (Å²) in [7, 11) is 0. The molecule has 2 rings (SSSR count). The summed E-state index contributed by atoms with van der Waals surface area (Å²) in [6.45, 7) is 3.36. The lowest BCUT2D eigenvalue weighted by atomic mass is 10.1. The van der Waals surface area contributed by atoms with Crippen LogP contribution >= 0.6 is 0 Å². The van der Waals surface area contributed by atoms with E-state index in [4.69, 9.17) is 5.11 Å². The van der Waals surface area contributed by atoms with E-state index in [9.17, 15) is 14.9 Å². The highest BCUT2D eigenvalue weighted by Gasteiger charge is 2.25. The third-order valence-electron chi connectivity index (χ3n) is 2.93. The number of rotatable bonds is 3. The number of hydrogen-bond acceptors (Lipinski definition) is 4. The predicted molar refractivity (Wildman–Crippen MR) is 72.8 cm³/mol. The highest BCUT2D eigenvalue weighted by molar-refractivity contribution is 5.94. The fraction of sp³-hybridized carbons (Fsp3) is 0.143. The number of nitrogens with zero attached hydrogens (tertiary/aromatic N) is 2. The van der Waals surface area contributed by atoms with E-state index in [1.807, 2.05) is 19.1 Å². The van der Waals surface area contributed by atoms with Gasteiger partial charge >= 0.3 is 11.7 Å². The Morgan fingerprint density at radius 2 is 1.85 bits per heavy atom. The van der Waals surface area contributed by atoms with E-state index in [0.717, 1.165) is 11.1 Å². The van der Waals surface area contributed by atoms with E-state index in [1.165, 1.54) is 13.0 Å². The second-order valence-corrected chi connectivity index (χ2v) is 4.42. The van der Waals surface area contributed by atoms with Gasteiger partial charge in [0.05, 0.1) is 10.6 Å². The Balaban J connectivity index is 2.65. The molecular weight excluding hydrogens is 260 g/mol. The number of hydrogen-bond donors (Lipinski definition) is 1. The third-order valence-corrected chi connectivity index (χ3v) is 2.93. The van der Waals surface area contributed by atoms with E-state index in [-0.39, 0.29) is 11.3 Å². The molecule has 0 aliphatic rings. The largest absolute Gasteiger partial charge is 0.477 e. The highest BCUT2D eigenvalue weighted by Crippen LogP contribution is 2.27. The molecule has 20 heavy (non-hydrogen) atoms. The molecule has 0 radical (unpaired) electrons. The third kappa shape index (κ3) is 2.49. The van der Waals surface area contributed by atoms with Crippen LogP contribution in [-0.2, 0) is 0 Å². The van der Waals surface area contributed by atoms with Crippen molar-refractivity contribution in [2.24, 2.45) is 0 Å². The number of pyridine rings is 1. The first kappa shape index (κ1) is 13.7. The number of carbonyl (C=O) groups is 1. The van der Waals surface area contributed by atoms with Gasteiger partial charge in [-0.2, -0.15) is 0 Å². The van der Waals surface area contributed by atoms with E-state index in [0.29, 0.717) is 5.69 Å². The van der Waals surface area contributed by atoms with Crippen molar-refractivity contribution in [3.05, 3.63) is 57.3 Å². The van der Waals surface area contributed by atoms with Crippen molar-refractivity contribution in [3.63, 3.8) is 0 Å². The zero-order chi connectivity index (χ0) is 14.9. The minimum atomic E-state index is -1.34. The second kappa shape index (κ2) is 5.08. The van der Waals surface area contributed by atoms with Crippen molar-refractivity contribution >= 4 is 11.7 Å². The SMILES string of the molecule is Cc1ccc(-c2cc(C(=O)O)c([N+](=O)[O-])c(C)n2)cc1.